The molecule has 5 rings (SSSR count). The van der Waals surface area contributed by atoms with Crippen LogP contribution in [0.5, 0.6) is 0 Å². The molecule has 2 amide bonds. The van der Waals surface area contributed by atoms with Crippen LogP contribution in [-0.2, 0) is 10.2 Å². The van der Waals surface area contributed by atoms with E-state index >= 15 is 0 Å². The third kappa shape index (κ3) is 5.18. The molecular formula is C30H30F3N3O2. The molecule has 0 saturated carbocycles. The molecule has 38 heavy (non-hydrogen) atoms. The lowest BCUT2D eigenvalue weighted by Crippen LogP contribution is -2.59. The van der Waals surface area contributed by atoms with Crippen LogP contribution >= 0.6 is 0 Å². The van der Waals surface area contributed by atoms with Crippen LogP contribution in [0.1, 0.15) is 40.7 Å². The first kappa shape index (κ1) is 26.0. The Balaban J connectivity index is 1.23. The van der Waals surface area contributed by atoms with Crippen LogP contribution in [0, 0.1) is 0 Å². The Morgan fingerprint density at radius 1 is 0.842 bits per heavy atom. The summed E-state index contributed by atoms with van der Waals surface area (Å²) in [5.41, 5.74) is 2.77. The van der Waals surface area contributed by atoms with Crippen LogP contribution in [0.15, 0.2) is 78.9 Å². The fourth-order valence-corrected chi connectivity index (χ4v) is 5.71. The Hall–Kier alpha value is -3.65. The summed E-state index contributed by atoms with van der Waals surface area (Å²) in [6.45, 7) is 0.936. The lowest BCUT2D eigenvalue weighted by atomic mass is 9.73. The first-order valence-corrected chi connectivity index (χ1v) is 12.9. The summed E-state index contributed by atoms with van der Waals surface area (Å²) in [5.74, 6) is -0.694. The van der Waals surface area contributed by atoms with E-state index in [1.165, 1.54) is 0 Å². The zero-order chi connectivity index (χ0) is 26.8. The Kier molecular flexibility index (Phi) is 7.25. The van der Waals surface area contributed by atoms with Crippen molar-refractivity contribution >= 4 is 11.8 Å². The minimum absolute atomic E-state index is 0.0828. The fraction of sp³-hybridized carbons (Fsp3) is 0.333. The van der Waals surface area contributed by atoms with E-state index in [1.54, 1.807) is 12.1 Å². The van der Waals surface area contributed by atoms with Gasteiger partial charge in [-0.15, -0.1) is 0 Å². The second kappa shape index (κ2) is 10.6. The lowest BCUT2D eigenvalue weighted by Gasteiger charge is -2.40. The van der Waals surface area contributed by atoms with E-state index in [9.17, 15) is 22.8 Å². The molecule has 0 unspecified atom stereocenters. The summed E-state index contributed by atoms with van der Waals surface area (Å²) in [6.07, 6.45) is -2.62. The van der Waals surface area contributed by atoms with Gasteiger partial charge in [-0.2, -0.15) is 13.2 Å². The Labute approximate surface area is 220 Å². The van der Waals surface area contributed by atoms with Gasteiger partial charge in [0.1, 0.15) is 12.0 Å². The van der Waals surface area contributed by atoms with Gasteiger partial charge < -0.3 is 10.6 Å². The van der Waals surface area contributed by atoms with Crippen molar-refractivity contribution in [1.29, 1.82) is 0 Å². The maximum atomic E-state index is 13.5. The molecule has 2 aliphatic rings. The molecule has 8 heteroatoms. The largest absolute Gasteiger partial charge is 0.405 e. The zero-order valence-corrected chi connectivity index (χ0v) is 20.9. The van der Waals surface area contributed by atoms with Gasteiger partial charge in [0.15, 0.2) is 0 Å². The third-order valence-corrected chi connectivity index (χ3v) is 7.51. The van der Waals surface area contributed by atoms with Crippen molar-refractivity contribution in [2.75, 3.05) is 26.2 Å². The van der Waals surface area contributed by atoms with Crippen molar-refractivity contribution in [3.63, 3.8) is 0 Å². The fourth-order valence-electron chi connectivity index (χ4n) is 5.71. The quantitative estimate of drug-likeness (QED) is 0.393. The first-order valence-electron chi connectivity index (χ1n) is 12.9. The van der Waals surface area contributed by atoms with Crippen LogP contribution in [0.25, 0.3) is 11.1 Å². The first-order chi connectivity index (χ1) is 18.3. The van der Waals surface area contributed by atoms with Crippen molar-refractivity contribution in [3.05, 3.63) is 95.6 Å². The smallest absolute Gasteiger partial charge is 0.347 e. The predicted octanol–water partition coefficient (Wildman–Crippen LogP) is 4.92. The van der Waals surface area contributed by atoms with E-state index in [2.05, 4.69) is 15.5 Å². The topological polar surface area (TPSA) is 61.4 Å². The molecule has 0 aromatic heterocycles. The van der Waals surface area contributed by atoms with E-state index in [0.29, 0.717) is 18.4 Å². The number of carbonyl (C=O) groups excluding carboxylic acids is 2. The van der Waals surface area contributed by atoms with Crippen molar-refractivity contribution < 1.29 is 22.8 Å². The van der Waals surface area contributed by atoms with Crippen molar-refractivity contribution in [3.8, 4) is 11.1 Å². The molecule has 5 nitrogen and oxygen atoms in total. The predicted molar refractivity (Wildman–Crippen MR) is 140 cm³/mol. The van der Waals surface area contributed by atoms with Crippen molar-refractivity contribution in [2.45, 2.75) is 36.9 Å². The molecule has 0 bridgehead atoms. The molecule has 1 fully saturated rings. The van der Waals surface area contributed by atoms with Crippen LogP contribution in [0.2, 0.25) is 0 Å². The molecule has 0 atom stereocenters. The summed E-state index contributed by atoms with van der Waals surface area (Å²) in [5, 5.41) is 5.22. The summed E-state index contributed by atoms with van der Waals surface area (Å²) in [4.78, 5) is 28.1. The maximum absolute atomic E-state index is 13.5. The molecule has 1 saturated heterocycles. The number of hydrogen-bond acceptors (Lipinski definition) is 3. The number of nitrogens with zero attached hydrogens (tertiary/aromatic N) is 1. The van der Waals surface area contributed by atoms with Gasteiger partial charge in [-0.05, 0) is 53.8 Å². The van der Waals surface area contributed by atoms with Crippen LogP contribution in [-0.4, -0.2) is 55.1 Å². The van der Waals surface area contributed by atoms with Crippen LogP contribution in [0.4, 0.5) is 13.2 Å². The van der Waals surface area contributed by atoms with E-state index in [-0.39, 0.29) is 11.9 Å². The molecule has 1 heterocycles. The van der Waals surface area contributed by atoms with E-state index in [1.807, 2.05) is 66.7 Å². The van der Waals surface area contributed by atoms with Crippen LogP contribution in [0.3, 0.4) is 0 Å². The van der Waals surface area contributed by atoms with E-state index in [0.717, 1.165) is 48.3 Å². The van der Waals surface area contributed by atoms with Gasteiger partial charge in [0.05, 0.1) is 6.04 Å². The second-order valence-electron chi connectivity index (χ2n) is 10.0. The molecule has 198 valence electrons. The van der Waals surface area contributed by atoms with Gasteiger partial charge >= 0.3 is 6.18 Å². The van der Waals surface area contributed by atoms with E-state index in [4.69, 9.17) is 0 Å². The molecular weight excluding hydrogens is 491 g/mol. The number of rotatable bonds is 9. The standard InChI is InChI=1S/C30H30F3N3O2/c31-30(32,33)20-34-28(38)29(25-14-6-4-12-23(25)24-13-5-7-15-26(24)29)16-8-9-17-36-18-22(19-36)35-27(37)21-10-2-1-3-11-21/h1-7,10-15,22H,8-9,16-20H2,(H,34,38)(H,35,37). The highest BCUT2D eigenvalue weighted by atomic mass is 19.4. The van der Waals surface area contributed by atoms with Crippen molar-refractivity contribution in [2.24, 2.45) is 0 Å². The number of carbonyl (C=O) groups is 2. The van der Waals surface area contributed by atoms with Gasteiger partial charge in [-0.1, -0.05) is 73.2 Å². The summed E-state index contributed by atoms with van der Waals surface area (Å²) in [6, 6.07) is 24.2. The maximum Gasteiger partial charge on any atom is 0.405 e. The Bertz CT molecular complexity index is 1260. The van der Waals surface area contributed by atoms with Gasteiger partial charge in [-0.25, -0.2) is 0 Å². The number of likely N-dealkylation sites (tertiary alicyclic amines) is 1. The Morgan fingerprint density at radius 2 is 1.42 bits per heavy atom. The van der Waals surface area contributed by atoms with Gasteiger partial charge in [0.25, 0.3) is 5.91 Å². The third-order valence-electron chi connectivity index (χ3n) is 7.51. The number of benzene rings is 3. The summed E-state index contributed by atoms with van der Waals surface area (Å²) < 4.78 is 39.1. The number of fused-ring (bicyclic) bond motifs is 3. The average molecular weight is 522 g/mol. The molecule has 0 radical (unpaired) electrons. The molecule has 2 N–H and O–H groups in total. The number of amides is 2. The van der Waals surface area contributed by atoms with Gasteiger partial charge in [0.2, 0.25) is 5.91 Å². The molecule has 3 aromatic rings. The highest BCUT2D eigenvalue weighted by Crippen LogP contribution is 2.51. The van der Waals surface area contributed by atoms with Crippen molar-refractivity contribution in [1.82, 2.24) is 15.5 Å². The minimum atomic E-state index is -4.49. The average Bonchev–Trinajstić information content (AvgIpc) is 3.19. The van der Waals surface area contributed by atoms with E-state index < -0.39 is 24.0 Å². The number of alkyl halides is 3. The molecule has 3 aromatic carbocycles. The van der Waals surface area contributed by atoms with Crippen LogP contribution < -0.4 is 10.6 Å². The zero-order valence-electron chi connectivity index (χ0n) is 20.9. The second-order valence-corrected chi connectivity index (χ2v) is 10.0. The van der Waals surface area contributed by atoms with Gasteiger partial charge in [-0.3, -0.25) is 14.5 Å². The molecule has 0 spiro atoms. The summed E-state index contributed by atoms with van der Waals surface area (Å²) in [7, 11) is 0. The van der Waals surface area contributed by atoms with Gasteiger partial charge in [0, 0.05) is 18.7 Å². The number of nitrogens with one attached hydrogen (secondary N) is 2. The monoisotopic (exact) mass is 521 g/mol. The normalized spacial score (nSPS) is 16.3. The highest BCUT2D eigenvalue weighted by Gasteiger charge is 2.49. The number of halogens is 3. The lowest BCUT2D eigenvalue weighted by molar-refractivity contribution is -0.141. The SMILES string of the molecule is O=C(NC1CN(CCCCC2(C(=O)NCC(F)(F)F)c3ccccc3-c3ccccc32)C1)c1ccccc1. The number of hydrogen-bond donors (Lipinski definition) is 2. The molecule has 1 aliphatic heterocycles. The Morgan fingerprint density at radius 3 is 2.03 bits per heavy atom. The minimum Gasteiger partial charge on any atom is -0.347 e. The highest BCUT2D eigenvalue weighted by molar-refractivity contribution is 6.00. The molecule has 1 aliphatic carbocycles. The number of unbranched alkanes of at least 4 members (excludes halogenated alkanes) is 1. The summed E-state index contributed by atoms with van der Waals surface area (Å²) >= 11 is 0.